The number of carbonyl (C=O) groups excluding carboxylic acids is 1. The maximum absolute atomic E-state index is 12.4. The first-order chi connectivity index (χ1) is 11.4. The fourth-order valence-corrected chi connectivity index (χ4v) is 4.54. The van der Waals surface area contributed by atoms with Crippen molar-refractivity contribution in [3.05, 3.63) is 23.3 Å². The van der Waals surface area contributed by atoms with Crippen LogP contribution in [-0.4, -0.2) is 64.9 Å². The number of anilines is 1. The minimum atomic E-state index is -3.50. The van der Waals surface area contributed by atoms with Gasteiger partial charge in [0.05, 0.1) is 11.9 Å². The average Bonchev–Trinajstić information content (AvgIpc) is 3.19. The summed E-state index contributed by atoms with van der Waals surface area (Å²) in [6.07, 6.45) is 1.43. The van der Waals surface area contributed by atoms with Crippen molar-refractivity contribution in [3.63, 3.8) is 0 Å². The fourth-order valence-electron chi connectivity index (χ4n) is 2.47. The third kappa shape index (κ3) is 3.80. The largest absolute Gasteiger partial charge is 0.302 e. The van der Waals surface area contributed by atoms with Gasteiger partial charge >= 0.3 is 0 Å². The van der Waals surface area contributed by atoms with Crippen LogP contribution in [0.1, 0.15) is 12.6 Å². The molecule has 3 rings (SSSR count). The first kappa shape index (κ1) is 17.0. The van der Waals surface area contributed by atoms with Gasteiger partial charge in [-0.05, 0) is 6.07 Å². The monoisotopic (exact) mass is 370 g/mol. The van der Waals surface area contributed by atoms with Crippen LogP contribution in [0, 0.1) is 0 Å². The van der Waals surface area contributed by atoms with Gasteiger partial charge in [-0.25, -0.2) is 13.4 Å². The maximum Gasteiger partial charge on any atom is 0.260 e. The van der Waals surface area contributed by atoms with Crippen LogP contribution >= 0.6 is 11.3 Å². The third-order valence-corrected chi connectivity index (χ3v) is 6.28. The Hall–Kier alpha value is -1.82. The minimum Gasteiger partial charge on any atom is -0.302 e. The molecule has 0 saturated carbocycles. The van der Waals surface area contributed by atoms with Crippen molar-refractivity contribution in [2.75, 3.05) is 31.5 Å². The van der Waals surface area contributed by atoms with E-state index in [9.17, 15) is 13.2 Å². The summed E-state index contributed by atoms with van der Waals surface area (Å²) in [6, 6.07) is 1.46. The second-order valence-electron chi connectivity index (χ2n) is 5.43. The summed E-state index contributed by atoms with van der Waals surface area (Å²) in [7, 11) is -3.50. The van der Waals surface area contributed by atoms with Gasteiger partial charge in [0.25, 0.3) is 10.0 Å². The minimum absolute atomic E-state index is 0.121. The van der Waals surface area contributed by atoms with Crippen LogP contribution < -0.4 is 5.32 Å². The van der Waals surface area contributed by atoms with Crippen LogP contribution in [0.15, 0.2) is 22.7 Å². The van der Waals surface area contributed by atoms with E-state index < -0.39 is 10.0 Å². The zero-order valence-corrected chi connectivity index (χ0v) is 14.7. The normalized spacial score (nSPS) is 17.0. The summed E-state index contributed by atoms with van der Waals surface area (Å²) in [5.41, 5.74) is 0.869. The van der Waals surface area contributed by atoms with E-state index in [-0.39, 0.29) is 10.9 Å². The number of hydrogen-bond donors (Lipinski definition) is 2. The molecule has 11 heteroatoms. The first-order valence-corrected chi connectivity index (χ1v) is 9.71. The lowest BCUT2D eigenvalue weighted by atomic mass is 10.3. The SMILES string of the molecule is CC(=O)Nc1nc(CN2CCN(S(=O)(=O)c3ccn[nH]3)CC2)cs1. The summed E-state index contributed by atoms with van der Waals surface area (Å²) < 4.78 is 26.3. The second-order valence-corrected chi connectivity index (χ2v) is 8.19. The molecular formula is C13H18N6O3S2. The van der Waals surface area contributed by atoms with Gasteiger partial charge in [0.15, 0.2) is 10.2 Å². The predicted molar refractivity (Wildman–Crippen MR) is 89.0 cm³/mol. The molecule has 1 aliphatic rings. The smallest absolute Gasteiger partial charge is 0.260 e. The Labute approximate surface area is 143 Å². The lowest BCUT2D eigenvalue weighted by Gasteiger charge is -2.33. The molecule has 1 saturated heterocycles. The number of hydrogen-bond acceptors (Lipinski definition) is 7. The molecule has 0 bridgehead atoms. The number of rotatable bonds is 5. The molecule has 0 unspecified atom stereocenters. The van der Waals surface area contributed by atoms with Crippen molar-refractivity contribution in [2.45, 2.75) is 18.5 Å². The maximum atomic E-state index is 12.4. The molecule has 24 heavy (non-hydrogen) atoms. The van der Waals surface area contributed by atoms with E-state index in [1.165, 1.54) is 34.8 Å². The molecular weight excluding hydrogens is 352 g/mol. The Balaban J connectivity index is 1.56. The molecule has 0 atom stereocenters. The highest BCUT2D eigenvalue weighted by Crippen LogP contribution is 2.19. The molecule has 2 N–H and O–H groups in total. The predicted octanol–water partition coefficient (Wildman–Crippen LogP) is 0.331. The molecule has 0 aromatic carbocycles. The molecule has 0 radical (unpaired) electrons. The van der Waals surface area contributed by atoms with Crippen molar-refractivity contribution in [1.82, 2.24) is 24.4 Å². The van der Waals surface area contributed by atoms with Gasteiger partial charge in [-0.1, -0.05) is 0 Å². The molecule has 3 heterocycles. The van der Waals surface area contributed by atoms with Gasteiger partial charge in [0.1, 0.15) is 0 Å². The Morgan fingerprint density at radius 1 is 1.38 bits per heavy atom. The molecule has 0 aliphatic carbocycles. The van der Waals surface area contributed by atoms with Crippen LogP contribution in [0.4, 0.5) is 5.13 Å². The highest BCUT2D eigenvalue weighted by molar-refractivity contribution is 7.89. The summed E-state index contributed by atoms with van der Waals surface area (Å²) in [5, 5.41) is 11.5. The van der Waals surface area contributed by atoms with E-state index in [1.54, 1.807) is 0 Å². The number of aromatic nitrogens is 3. The van der Waals surface area contributed by atoms with Crippen LogP contribution in [0.5, 0.6) is 0 Å². The number of H-pyrrole nitrogens is 1. The molecule has 2 aromatic heterocycles. The zero-order valence-electron chi connectivity index (χ0n) is 13.1. The quantitative estimate of drug-likeness (QED) is 0.785. The van der Waals surface area contributed by atoms with Gasteiger partial charge in [0, 0.05) is 45.0 Å². The molecule has 1 fully saturated rings. The lowest BCUT2D eigenvalue weighted by Crippen LogP contribution is -2.48. The molecule has 1 amide bonds. The van der Waals surface area contributed by atoms with Gasteiger partial charge in [-0.2, -0.15) is 9.40 Å². The zero-order chi connectivity index (χ0) is 17.2. The Kier molecular flexibility index (Phi) is 4.94. The van der Waals surface area contributed by atoms with Crippen molar-refractivity contribution in [2.24, 2.45) is 0 Å². The molecule has 0 spiro atoms. The van der Waals surface area contributed by atoms with Crippen LogP contribution in [-0.2, 0) is 21.4 Å². The standard InChI is InChI=1S/C13H18N6O3S2/c1-10(20)15-13-16-11(9-23-13)8-18-4-6-19(7-5-18)24(21,22)12-2-3-14-17-12/h2-3,9H,4-8H2,1H3,(H,14,17)(H,15,16,20). The van der Waals surface area contributed by atoms with E-state index >= 15 is 0 Å². The first-order valence-electron chi connectivity index (χ1n) is 7.39. The number of nitrogens with zero attached hydrogens (tertiary/aromatic N) is 4. The van der Waals surface area contributed by atoms with Gasteiger partial charge < -0.3 is 5.32 Å². The Bertz CT molecular complexity index is 794. The van der Waals surface area contributed by atoms with E-state index in [2.05, 4.69) is 25.4 Å². The highest BCUT2D eigenvalue weighted by atomic mass is 32.2. The molecule has 130 valence electrons. The van der Waals surface area contributed by atoms with Crippen molar-refractivity contribution < 1.29 is 13.2 Å². The van der Waals surface area contributed by atoms with Crippen LogP contribution in [0.25, 0.3) is 0 Å². The lowest BCUT2D eigenvalue weighted by molar-refractivity contribution is -0.114. The molecule has 2 aromatic rings. The topological polar surface area (TPSA) is 111 Å². The highest BCUT2D eigenvalue weighted by Gasteiger charge is 2.29. The van der Waals surface area contributed by atoms with Gasteiger partial charge in [0.2, 0.25) is 5.91 Å². The summed E-state index contributed by atoms with van der Waals surface area (Å²) in [5.74, 6) is -0.145. The van der Waals surface area contributed by atoms with Crippen LogP contribution in [0.3, 0.4) is 0 Å². The van der Waals surface area contributed by atoms with Crippen molar-refractivity contribution in [3.8, 4) is 0 Å². The van der Waals surface area contributed by atoms with Crippen molar-refractivity contribution in [1.29, 1.82) is 0 Å². The Morgan fingerprint density at radius 2 is 2.12 bits per heavy atom. The van der Waals surface area contributed by atoms with E-state index in [0.29, 0.717) is 37.9 Å². The summed E-state index contributed by atoms with van der Waals surface area (Å²) in [4.78, 5) is 17.5. The number of sulfonamides is 1. The van der Waals surface area contributed by atoms with E-state index in [4.69, 9.17) is 0 Å². The summed E-state index contributed by atoms with van der Waals surface area (Å²) in [6.45, 7) is 4.17. The average molecular weight is 370 g/mol. The van der Waals surface area contributed by atoms with Gasteiger partial charge in [-0.3, -0.25) is 14.8 Å². The van der Waals surface area contributed by atoms with Gasteiger partial charge in [-0.15, -0.1) is 11.3 Å². The van der Waals surface area contributed by atoms with Crippen LogP contribution in [0.2, 0.25) is 0 Å². The number of aromatic amines is 1. The number of amides is 1. The van der Waals surface area contributed by atoms with E-state index in [0.717, 1.165) is 5.69 Å². The second kappa shape index (κ2) is 6.97. The Morgan fingerprint density at radius 3 is 2.75 bits per heavy atom. The fraction of sp³-hybridized carbons (Fsp3) is 0.462. The number of carbonyl (C=O) groups is 1. The van der Waals surface area contributed by atoms with Crippen molar-refractivity contribution >= 4 is 32.4 Å². The number of piperazine rings is 1. The number of thiazole rings is 1. The third-order valence-electron chi connectivity index (χ3n) is 3.64. The van der Waals surface area contributed by atoms with E-state index in [1.807, 2.05) is 5.38 Å². The summed E-state index contributed by atoms with van der Waals surface area (Å²) >= 11 is 1.38. The molecule has 9 nitrogen and oxygen atoms in total. The molecule has 1 aliphatic heterocycles. The number of nitrogens with one attached hydrogen (secondary N) is 2.